The first kappa shape index (κ1) is 16.9. The largest absolute Gasteiger partial charge is 0.493 e. The summed E-state index contributed by atoms with van der Waals surface area (Å²) in [5, 5.41) is 6.39. The zero-order valence-corrected chi connectivity index (χ0v) is 15.2. The lowest BCUT2D eigenvalue weighted by Gasteiger charge is -2.12. The van der Waals surface area contributed by atoms with E-state index in [4.69, 9.17) is 18.7 Å². The van der Waals surface area contributed by atoms with Crippen molar-refractivity contribution in [3.63, 3.8) is 0 Å². The molecule has 0 bridgehead atoms. The molecule has 0 unspecified atom stereocenters. The first-order valence-electron chi connectivity index (χ1n) is 8.34. The molecule has 0 amide bonds. The van der Waals surface area contributed by atoms with Crippen LogP contribution in [0.4, 0.5) is 0 Å². The molecule has 0 radical (unpaired) electrons. The molecule has 0 saturated heterocycles. The number of aromatic nitrogens is 2. The predicted octanol–water partition coefficient (Wildman–Crippen LogP) is 4.58. The number of fused-ring (bicyclic) bond motifs is 1. The number of benzene rings is 2. The summed E-state index contributed by atoms with van der Waals surface area (Å²) in [6.07, 6.45) is 3.61. The molecule has 0 aliphatic rings. The summed E-state index contributed by atoms with van der Waals surface area (Å²) >= 11 is 0. The van der Waals surface area contributed by atoms with Crippen LogP contribution in [0.3, 0.4) is 0 Å². The molecule has 0 aliphatic heterocycles. The first-order valence-corrected chi connectivity index (χ1v) is 8.34. The summed E-state index contributed by atoms with van der Waals surface area (Å²) in [6, 6.07) is 13.6. The van der Waals surface area contributed by atoms with Gasteiger partial charge in [-0.3, -0.25) is 4.98 Å². The van der Waals surface area contributed by atoms with Crippen LogP contribution in [0.25, 0.3) is 33.4 Å². The fourth-order valence-corrected chi connectivity index (χ4v) is 3.01. The smallest absolute Gasteiger partial charge is 0.203 e. The van der Waals surface area contributed by atoms with E-state index in [1.54, 1.807) is 27.5 Å². The lowest BCUT2D eigenvalue weighted by atomic mass is 10.1. The molecule has 0 saturated carbocycles. The van der Waals surface area contributed by atoms with Gasteiger partial charge in [0.05, 0.1) is 21.3 Å². The highest BCUT2D eigenvalue weighted by molar-refractivity contribution is 5.86. The normalized spacial score (nSPS) is 10.8. The highest BCUT2D eigenvalue weighted by Crippen LogP contribution is 2.41. The molecule has 0 aliphatic carbocycles. The van der Waals surface area contributed by atoms with Gasteiger partial charge < -0.3 is 18.7 Å². The molecule has 4 aromatic rings. The van der Waals surface area contributed by atoms with E-state index >= 15 is 0 Å². The van der Waals surface area contributed by atoms with Crippen molar-refractivity contribution in [2.45, 2.75) is 0 Å². The highest BCUT2D eigenvalue weighted by Gasteiger charge is 2.17. The quantitative estimate of drug-likeness (QED) is 0.518. The standard InChI is InChI=1S/C21H18N2O4/c1-24-19-9-15(10-20(25-2)21(19)26-3)18-11-17(23-27-18)14-5-4-13-6-7-22-12-16(13)8-14/h4-12H,1-3H3. The summed E-state index contributed by atoms with van der Waals surface area (Å²) in [5.41, 5.74) is 2.48. The number of hydrogen-bond acceptors (Lipinski definition) is 6. The Morgan fingerprint density at radius 3 is 2.26 bits per heavy atom. The maximum absolute atomic E-state index is 5.57. The van der Waals surface area contributed by atoms with Crippen LogP contribution in [0.5, 0.6) is 17.2 Å². The van der Waals surface area contributed by atoms with E-state index in [1.165, 1.54) is 0 Å². The summed E-state index contributed by atoms with van der Waals surface area (Å²) < 4.78 is 21.7. The zero-order chi connectivity index (χ0) is 18.8. The first-order chi connectivity index (χ1) is 13.2. The van der Waals surface area contributed by atoms with Crippen LogP contribution >= 0.6 is 0 Å². The fraction of sp³-hybridized carbons (Fsp3) is 0.143. The van der Waals surface area contributed by atoms with Crippen LogP contribution in [0, 0.1) is 0 Å². The molecule has 2 aromatic carbocycles. The number of methoxy groups -OCH3 is 3. The molecule has 2 heterocycles. The Kier molecular flexibility index (Phi) is 4.38. The van der Waals surface area contributed by atoms with Crippen LogP contribution in [0.1, 0.15) is 0 Å². The zero-order valence-electron chi connectivity index (χ0n) is 15.2. The lowest BCUT2D eigenvalue weighted by Crippen LogP contribution is -1.95. The maximum atomic E-state index is 5.57. The second-order valence-electron chi connectivity index (χ2n) is 5.93. The third kappa shape index (κ3) is 3.06. The molecule has 6 nitrogen and oxygen atoms in total. The number of pyridine rings is 1. The molecule has 0 atom stereocenters. The minimum absolute atomic E-state index is 0.533. The molecule has 2 aromatic heterocycles. The van der Waals surface area contributed by atoms with Gasteiger partial charge in [-0.05, 0) is 29.7 Å². The van der Waals surface area contributed by atoms with Crippen LogP contribution in [-0.2, 0) is 0 Å². The molecular formula is C21H18N2O4. The molecule has 0 fully saturated rings. The van der Waals surface area contributed by atoms with Crippen LogP contribution < -0.4 is 14.2 Å². The summed E-state index contributed by atoms with van der Waals surface area (Å²) in [4.78, 5) is 4.17. The molecule has 0 N–H and O–H groups in total. The van der Waals surface area contributed by atoms with E-state index in [-0.39, 0.29) is 0 Å². The number of rotatable bonds is 5. The monoisotopic (exact) mass is 362 g/mol. The Morgan fingerprint density at radius 2 is 1.56 bits per heavy atom. The average Bonchev–Trinajstić information content (AvgIpc) is 3.22. The SMILES string of the molecule is COc1cc(-c2cc(-c3ccc4ccncc4c3)no2)cc(OC)c1OC. The van der Waals surface area contributed by atoms with Gasteiger partial charge in [-0.1, -0.05) is 17.3 Å². The van der Waals surface area contributed by atoms with Crippen LogP contribution in [-0.4, -0.2) is 31.5 Å². The molecule has 4 rings (SSSR count). The van der Waals surface area contributed by atoms with Crippen molar-refractivity contribution in [1.29, 1.82) is 0 Å². The molecule has 0 spiro atoms. The van der Waals surface area contributed by atoms with Crippen molar-refractivity contribution in [3.05, 3.63) is 54.9 Å². The van der Waals surface area contributed by atoms with Crippen molar-refractivity contribution in [2.24, 2.45) is 0 Å². The second-order valence-corrected chi connectivity index (χ2v) is 5.93. The van der Waals surface area contributed by atoms with Gasteiger partial charge in [0.25, 0.3) is 0 Å². The number of ether oxygens (including phenoxy) is 3. The Labute approximate surface area is 156 Å². The van der Waals surface area contributed by atoms with Gasteiger partial charge >= 0.3 is 0 Å². The van der Waals surface area contributed by atoms with Gasteiger partial charge in [0.1, 0.15) is 5.69 Å². The van der Waals surface area contributed by atoms with Gasteiger partial charge in [-0.15, -0.1) is 0 Å². The Morgan fingerprint density at radius 1 is 0.778 bits per heavy atom. The maximum Gasteiger partial charge on any atom is 0.203 e. The second kappa shape index (κ2) is 6.99. The summed E-state index contributed by atoms with van der Waals surface area (Å²) in [7, 11) is 4.73. The van der Waals surface area contributed by atoms with Crippen molar-refractivity contribution >= 4 is 10.8 Å². The third-order valence-corrected chi connectivity index (χ3v) is 4.40. The van der Waals surface area contributed by atoms with Gasteiger partial charge in [-0.2, -0.15) is 0 Å². The van der Waals surface area contributed by atoms with Gasteiger partial charge in [0.2, 0.25) is 5.75 Å². The van der Waals surface area contributed by atoms with Crippen molar-refractivity contribution < 1.29 is 18.7 Å². The van der Waals surface area contributed by atoms with Gasteiger partial charge in [0.15, 0.2) is 17.3 Å². The number of nitrogens with zero attached hydrogens (tertiary/aromatic N) is 2. The Bertz CT molecular complexity index is 1080. The van der Waals surface area contributed by atoms with Crippen molar-refractivity contribution in [3.8, 4) is 39.8 Å². The minimum Gasteiger partial charge on any atom is -0.493 e. The van der Waals surface area contributed by atoms with Crippen molar-refractivity contribution in [2.75, 3.05) is 21.3 Å². The molecule has 136 valence electrons. The summed E-state index contributed by atoms with van der Waals surface area (Å²) in [6.45, 7) is 0. The van der Waals surface area contributed by atoms with Crippen LogP contribution in [0.15, 0.2) is 59.4 Å². The fourth-order valence-electron chi connectivity index (χ4n) is 3.01. The van der Waals surface area contributed by atoms with E-state index < -0.39 is 0 Å². The molecular weight excluding hydrogens is 344 g/mol. The van der Waals surface area contributed by atoms with E-state index in [0.29, 0.717) is 23.0 Å². The van der Waals surface area contributed by atoms with E-state index in [1.807, 2.05) is 48.7 Å². The predicted molar refractivity (Wildman–Crippen MR) is 102 cm³/mol. The topological polar surface area (TPSA) is 66.6 Å². The van der Waals surface area contributed by atoms with Gasteiger partial charge in [0, 0.05) is 35.0 Å². The Hall–Kier alpha value is -3.54. The van der Waals surface area contributed by atoms with Crippen LogP contribution in [0.2, 0.25) is 0 Å². The average molecular weight is 362 g/mol. The summed E-state index contributed by atoms with van der Waals surface area (Å²) in [5.74, 6) is 2.25. The number of hydrogen-bond donors (Lipinski definition) is 0. The molecule has 27 heavy (non-hydrogen) atoms. The third-order valence-electron chi connectivity index (χ3n) is 4.40. The lowest BCUT2D eigenvalue weighted by molar-refractivity contribution is 0.324. The minimum atomic E-state index is 0.533. The van der Waals surface area contributed by atoms with E-state index in [9.17, 15) is 0 Å². The highest BCUT2D eigenvalue weighted by atomic mass is 16.5. The van der Waals surface area contributed by atoms with Crippen molar-refractivity contribution in [1.82, 2.24) is 10.1 Å². The van der Waals surface area contributed by atoms with Gasteiger partial charge in [-0.25, -0.2) is 0 Å². The molecule has 6 heteroatoms. The van der Waals surface area contributed by atoms with E-state index in [2.05, 4.69) is 10.1 Å². The Balaban J connectivity index is 1.75. The van der Waals surface area contributed by atoms with E-state index in [0.717, 1.165) is 27.6 Å².